The van der Waals surface area contributed by atoms with Gasteiger partial charge >= 0.3 is 0 Å². The zero-order valence-electron chi connectivity index (χ0n) is 18.3. The van der Waals surface area contributed by atoms with Gasteiger partial charge in [-0.3, -0.25) is 14.4 Å². The minimum absolute atomic E-state index is 0.140. The van der Waals surface area contributed by atoms with E-state index in [1.165, 1.54) is 30.0 Å². The van der Waals surface area contributed by atoms with Gasteiger partial charge in [-0.1, -0.05) is 48.2 Å². The summed E-state index contributed by atoms with van der Waals surface area (Å²) in [5, 5.41) is 12.3. The molecule has 0 atom stereocenters. The molecule has 4 rings (SSSR count). The summed E-state index contributed by atoms with van der Waals surface area (Å²) in [4.78, 5) is 40.3. The Morgan fingerprint density at radius 2 is 1.56 bits per heavy atom. The minimum Gasteiger partial charge on any atom is -0.326 e. The fraction of sp³-hybridized carbons (Fsp3) is 0.120. The van der Waals surface area contributed by atoms with Crippen molar-refractivity contribution in [3.05, 3.63) is 77.8 Å². The number of thiazole rings is 1. The van der Waals surface area contributed by atoms with Crippen molar-refractivity contribution < 1.29 is 14.4 Å². The molecular weight excluding hydrogens is 468 g/mol. The van der Waals surface area contributed by atoms with Crippen LogP contribution in [0.1, 0.15) is 12.6 Å². The summed E-state index contributed by atoms with van der Waals surface area (Å²) >= 11 is 2.73. The lowest BCUT2D eigenvalue weighted by atomic mass is 10.1. The minimum atomic E-state index is -0.164. The summed E-state index contributed by atoms with van der Waals surface area (Å²) < 4.78 is 0.726. The first-order valence-electron chi connectivity index (χ1n) is 10.5. The Morgan fingerprint density at radius 1 is 0.853 bits per heavy atom. The van der Waals surface area contributed by atoms with E-state index in [-0.39, 0.29) is 29.9 Å². The second-order valence-corrected chi connectivity index (χ2v) is 9.53. The monoisotopic (exact) mass is 490 g/mol. The highest BCUT2D eigenvalue weighted by molar-refractivity contribution is 8.01. The van der Waals surface area contributed by atoms with E-state index < -0.39 is 0 Å². The molecule has 0 saturated heterocycles. The van der Waals surface area contributed by atoms with Crippen LogP contribution in [-0.2, 0) is 20.8 Å². The molecule has 3 N–H and O–H groups in total. The Balaban J connectivity index is 1.26. The highest BCUT2D eigenvalue weighted by Crippen LogP contribution is 2.25. The number of aromatic nitrogens is 1. The van der Waals surface area contributed by atoms with Crippen LogP contribution in [0.25, 0.3) is 10.8 Å². The Kier molecular flexibility index (Phi) is 7.56. The van der Waals surface area contributed by atoms with Crippen LogP contribution >= 0.6 is 23.1 Å². The van der Waals surface area contributed by atoms with Gasteiger partial charge in [-0.25, -0.2) is 4.98 Å². The molecule has 0 bridgehead atoms. The Morgan fingerprint density at radius 3 is 2.32 bits per heavy atom. The molecule has 3 aromatic carbocycles. The lowest BCUT2D eigenvalue weighted by Gasteiger charge is -2.08. The van der Waals surface area contributed by atoms with E-state index in [0.717, 1.165) is 20.8 Å². The van der Waals surface area contributed by atoms with Crippen LogP contribution in [-0.4, -0.2) is 28.5 Å². The number of rotatable bonds is 8. The molecule has 0 aliphatic heterocycles. The van der Waals surface area contributed by atoms with Gasteiger partial charge < -0.3 is 16.0 Å². The maximum absolute atomic E-state index is 12.5. The van der Waals surface area contributed by atoms with Crippen molar-refractivity contribution in [1.82, 2.24) is 4.98 Å². The average Bonchev–Trinajstić information content (AvgIpc) is 3.26. The predicted octanol–water partition coefficient (Wildman–Crippen LogP) is 5.17. The zero-order chi connectivity index (χ0) is 23.9. The van der Waals surface area contributed by atoms with E-state index in [0.29, 0.717) is 17.1 Å². The van der Waals surface area contributed by atoms with Gasteiger partial charge in [-0.05, 0) is 35.7 Å². The zero-order valence-corrected chi connectivity index (χ0v) is 20.0. The van der Waals surface area contributed by atoms with Crippen molar-refractivity contribution in [2.45, 2.75) is 17.7 Å². The molecule has 1 heterocycles. The smallest absolute Gasteiger partial charge is 0.234 e. The number of carbonyl (C=O) groups excluding carboxylic acids is 3. The molecule has 1 aromatic heterocycles. The topological polar surface area (TPSA) is 100 Å². The number of hydrogen-bond donors (Lipinski definition) is 3. The van der Waals surface area contributed by atoms with E-state index in [1.807, 2.05) is 47.8 Å². The molecule has 0 spiro atoms. The van der Waals surface area contributed by atoms with Gasteiger partial charge in [-0.15, -0.1) is 11.3 Å². The van der Waals surface area contributed by atoms with Gasteiger partial charge in [0, 0.05) is 34.8 Å². The van der Waals surface area contributed by atoms with Crippen molar-refractivity contribution in [1.29, 1.82) is 0 Å². The van der Waals surface area contributed by atoms with Crippen molar-refractivity contribution in [3.8, 4) is 0 Å². The average molecular weight is 491 g/mol. The molecule has 0 aliphatic carbocycles. The van der Waals surface area contributed by atoms with Crippen LogP contribution in [0.3, 0.4) is 0 Å². The molecule has 0 saturated carbocycles. The van der Waals surface area contributed by atoms with Crippen LogP contribution in [0.15, 0.2) is 76.4 Å². The van der Waals surface area contributed by atoms with Gasteiger partial charge in [0.1, 0.15) is 0 Å². The van der Waals surface area contributed by atoms with Crippen molar-refractivity contribution in [3.63, 3.8) is 0 Å². The lowest BCUT2D eigenvalue weighted by Crippen LogP contribution is -2.15. The van der Waals surface area contributed by atoms with Gasteiger partial charge in [0.2, 0.25) is 17.7 Å². The standard InChI is InChI=1S/C25H22N4O3S2/c1-16(30)26-18-9-11-19(12-10-18)27-24(32)15-34-25-28-20(14-33-25)13-23(31)29-22-8-4-6-17-5-2-3-7-21(17)22/h2-12,14H,13,15H2,1H3,(H,26,30)(H,27,32)(H,29,31). The van der Waals surface area contributed by atoms with Crippen molar-refractivity contribution in [2.24, 2.45) is 0 Å². The summed E-state index contributed by atoms with van der Waals surface area (Å²) in [5.74, 6) is -0.258. The number of amides is 3. The van der Waals surface area contributed by atoms with E-state index in [2.05, 4.69) is 20.9 Å². The first-order valence-corrected chi connectivity index (χ1v) is 12.3. The number of anilines is 3. The Labute approximate surface area is 205 Å². The third-order valence-electron chi connectivity index (χ3n) is 4.75. The Bertz CT molecular complexity index is 1330. The SMILES string of the molecule is CC(=O)Nc1ccc(NC(=O)CSc2nc(CC(=O)Nc3cccc4ccccc34)cs2)cc1. The third kappa shape index (κ3) is 6.43. The van der Waals surface area contributed by atoms with Crippen LogP contribution in [0, 0.1) is 0 Å². The highest BCUT2D eigenvalue weighted by atomic mass is 32.2. The molecule has 9 heteroatoms. The quantitative estimate of drug-likeness (QED) is 0.296. The molecular formula is C25H22N4O3S2. The second kappa shape index (κ2) is 11.0. The number of nitrogens with one attached hydrogen (secondary N) is 3. The van der Waals surface area contributed by atoms with Crippen molar-refractivity contribution in [2.75, 3.05) is 21.7 Å². The first kappa shape index (κ1) is 23.5. The molecule has 7 nitrogen and oxygen atoms in total. The third-order valence-corrected chi connectivity index (χ3v) is 6.82. The summed E-state index contributed by atoms with van der Waals surface area (Å²) in [5.41, 5.74) is 2.75. The second-order valence-electron chi connectivity index (χ2n) is 7.45. The normalized spacial score (nSPS) is 10.6. The molecule has 34 heavy (non-hydrogen) atoms. The van der Waals surface area contributed by atoms with E-state index in [1.54, 1.807) is 24.3 Å². The summed E-state index contributed by atoms with van der Waals surface area (Å²) in [7, 11) is 0. The van der Waals surface area contributed by atoms with Gasteiger partial charge in [-0.2, -0.15) is 0 Å². The number of hydrogen-bond acceptors (Lipinski definition) is 6. The summed E-state index contributed by atoms with van der Waals surface area (Å²) in [6.07, 6.45) is 0.160. The molecule has 0 aliphatic rings. The number of nitrogens with zero attached hydrogens (tertiary/aromatic N) is 1. The Hall–Kier alpha value is -3.69. The van der Waals surface area contributed by atoms with Gasteiger partial charge in [0.05, 0.1) is 17.9 Å². The largest absolute Gasteiger partial charge is 0.326 e. The van der Waals surface area contributed by atoms with Crippen molar-refractivity contribution >= 4 is 68.7 Å². The van der Waals surface area contributed by atoms with Crippen LogP contribution < -0.4 is 16.0 Å². The number of benzene rings is 3. The highest BCUT2D eigenvalue weighted by Gasteiger charge is 2.11. The summed E-state index contributed by atoms with van der Waals surface area (Å²) in [6, 6.07) is 20.6. The van der Waals surface area contributed by atoms with E-state index in [4.69, 9.17) is 0 Å². The molecule has 3 amide bonds. The molecule has 0 radical (unpaired) electrons. The maximum Gasteiger partial charge on any atom is 0.234 e. The summed E-state index contributed by atoms with van der Waals surface area (Å²) in [6.45, 7) is 1.44. The first-order chi connectivity index (χ1) is 16.5. The van der Waals surface area contributed by atoms with E-state index in [9.17, 15) is 14.4 Å². The van der Waals surface area contributed by atoms with Gasteiger partial charge in [0.25, 0.3) is 0 Å². The van der Waals surface area contributed by atoms with E-state index >= 15 is 0 Å². The molecule has 0 unspecified atom stereocenters. The van der Waals surface area contributed by atoms with Crippen LogP contribution in [0.2, 0.25) is 0 Å². The number of carbonyl (C=O) groups is 3. The lowest BCUT2D eigenvalue weighted by molar-refractivity contribution is -0.116. The van der Waals surface area contributed by atoms with Crippen LogP contribution in [0.5, 0.6) is 0 Å². The maximum atomic E-state index is 12.5. The van der Waals surface area contributed by atoms with Gasteiger partial charge in [0.15, 0.2) is 4.34 Å². The molecule has 4 aromatic rings. The fourth-order valence-corrected chi connectivity index (χ4v) is 4.94. The number of fused-ring (bicyclic) bond motifs is 1. The molecule has 0 fully saturated rings. The van der Waals surface area contributed by atoms with Crippen LogP contribution in [0.4, 0.5) is 17.1 Å². The number of thioether (sulfide) groups is 1. The fourth-order valence-electron chi connectivity index (χ4n) is 3.29. The molecule has 172 valence electrons. The predicted molar refractivity (Wildman–Crippen MR) is 138 cm³/mol.